The third-order valence-corrected chi connectivity index (χ3v) is 6.84. The van der Waals surface area contributed by atoms with Crippen molar-refractivity contribution in [1.29, 1.82) is 0 Å². The third-order valence-electron chi connectivity index (χ3n) is 6.84. The summed E-state index contributed by atoms with van der Waals surface area (Å²) in [6.45, 7) is 4.97. The van der Waals surface area contributed by atoms with Crippen molar-refractivity contribution < 1.29 is 24.8 Å². The smallest absolute Gasteiger partial charge is 0.246 e. The van der Waals surface area contributed by atoms with E-state index in [1.165, 1.54) is 0 Å². The Bertz CT molecular complexity index is 1240. The first-order chi connectivity index (χ1) is 16.8. The first-order valence-electron chi connectivity index (χ1n) is 12.0. The SMILES string of the molecule is CC(C)OCCCN1CC(=O)N2C(c3ccc([NH+]([O-])O)cc3)c3[nH]c4ccccc4c3C[C@H]2C1=O. The van der Waals surface area contributed by atoms with E-state index in [2.05, 4.69) is 4.98 Å². The summed E-state index contributed by atoms with van der Waals surface area (Å²) in [7, 11) is 0. The van der Waals surface area contributed by atoms with E-state index in [1.54, 1.807) is 34.1 Å². The first kappa shape index (κ1) is 23.5. The summed E-state index contributed by atoms with van der Waals surface area (Å²) in [5.74, 6) is -0.173. The number of aromatic amines is 1. The summed E-state index contributed by atoms with van der Waals surface area (Å²) < 4.78 is 5.61. The predicted molar refractivity (Wildman–Crippen MR) is 129 cm³/mol. The van der Waals surface area contributed by atoms with Gasteiger partial charge in [-0.25, -0.2) is 5.21 Å². The van der Waals surface area contributed by atoms with Crippen molar-refractivity contribution in [3.8, 4) is 0 Å². The molecule has 2 aliphatic rings. The van der Waals surface area contributed by atoms with Crippen LogP contribution in [0.3, 0.4) is 0 Å². The number of nitrogens with one attached hydrogen (secondary N) is 2. The summed E-state index contributed by atoms with van der Waals surface area (Å²) in [5.41, 5.74) is 3.80. The fraction of sp³-hybridized carbons (Fsp3) is 0.385. The van der Waals surface area contributed by atoms with Crippen LogP contribution in [-0.2, 0) is 20.7 Å². The van der Waals surface area contributed by atoms with Gasteiger partial charge in [0.05, 0.1) is 18.7 Å². The zero-order valence-electron chi connectivity index (χ0n) is 19.9. The van der Waals surface area contributed by atoms with Crippen molar-refractivity contribution in [3.63, 3.8) is 0 Å². The molecule has 5 rings (SSSR count). The molecule has 184 valence electrons. The number of piperazine rings is 1. The number of rotatable bonds is 7. The van der Waals surface area contributed by atoms with Crippen LogP contribution in [0, 0.1) is 5.21 Å². The molecule has 1 fully saturated rings. The monoisotopic (exact) mass is 478 g/mol. The molecule has 3 heterocycles. The van der Waals surface area contributed by atoms with Gasteiger partial charge in [-0.3, -0.25) is 9.59 Å². The second kappa shape index (κ2) is 9.43. The summed E-state index contributed by atoms with van der Waals surface area (Å²) in [6.07, 6.45) is 1.23. The van der Waals surface area contributed by atoms with Crippen LogP contribution >= 0.6 is 0 Å². The molecule has 2 amide bonds. The average molecular weight is 479 g/mol. The van der Waals surface area contributed by atoms with Crippen LogP contribution in [0.4, 0.5) is 5.69 Å². The molecule has 0 aliphatic carbocycles. The number of fused-ring (bicyclic) bond motifs is 4. The predicted octanol–water partition coefficient (Wildman–Crippen LogP) is 2.07. The molecular weight excluding hydrogens is 448 g/mol. The molecular formula is C26H30N4O5. The lowest BCUT2D eigenvalue weighted by atomic mass is 9.86. The number of ether oxygens (including phenoxy) is 1. The van der Waals surface area contributed by atoms with E-state index in [9.17, 15) is 20.0 Å². The number of carbonyl (C=O) groups excluding carboxylic acids is 2. The van der Waals surface area contributed by atoms with Gasteiger partial charge in [-0.1, -0.05) is 30.3 Å². The quantitative estimate of drug-likeness (QED) is 0.355. The van der Waals surface area contributed by atoms with Gasteiger partial charge in [-0.2, -0.15) is 5.23 Å². The second-order valence-electron chi connectivity index (χ2n) is 9.45. The van der Waals surface area contributed by atoms with Gasteiger partial charge in [0.15, 0.2) is 5.69 Å². The van der Waals surface area contributed by atoms with E-state index in [0.717, 1.165) is 27.7 Å². The van der Waals surface area contributed by atoms with Crippen LogP contribution in [0.25, 0.3) is 10.9 Å². The molecule has 2 aromatic carbocycles. The van der Waals surface area contributed by atoms with Gasteiger partial charge in [0, 0.05) is 48.3 Å². The minimum absolute atomic E-state index is 0.0241. The lowest BCUT2D eigenvalue weighted by molar-refractivity contribution is -0.991. The van der Waals surface area contributed by atoms with Crippen molar-refractivity contribution in [2.45, 2.75) is 44.9 Å². The molecule has 2 aliphatic heterocycles. The van der Waals surface area contributed by atoms with Crippen LogP contribution in [-0.4, -0.2) is 63.6 Å². The van der Waals surface area contributed by atoms with Crippen LogP contribution < -0.4 is 5.23 Å². The molecule has 0 bridgehead atoms. The fourth-order valence-corrected chi connectivity index (χ4v) is 5.24. The number of carbonyl (C=O) groups is 2. The average Bonchev–Trinajstić information content (AvgIpc) is 3.21. The molecule has 0 radical (unpaired) electrons. The number of quaternary nitrogens is 1. The van der Waals surface area contributed by atoms with Crippen molar-refractivity contribution in [3.05, 3.63) is 70.6 Å². The van der Waals surface area contributed by atoms with Crippen LogP contribution in [0.15, 0.2) is 48.5 Å². The summed E-state index contributed by atoms with van der Waals surface area (Å²) >= 11 is 0. The number of aromatic nitrogens is 1. The highest BCUT2D eigenvalue weighted by molar-refractivity contribution is 5.97. The maximum absolute atomic E-state index is 13.6. The number of hydrogen-bond acceptors (Lipinski definition) is 5. The molecule has 0 saturated carbocycles. The van der Waals surface area contributed by atoms with E-state index in [1.807, 2.05) is 38.1 Å². The Labute approximate surface area is 203 Å². The normalized spacial score (nSPS) is 20.9. The number of H-pyrrole nitrogens is 1. The fourth-order valence-electron chi connectivity index (χ4n) is 5.24. The molecule has 1 saturated heterocycles. The van der Waals surface area contributed by atoms with Crippen molar-refractivity contribution >= 4 is 28.4 Å². The van der Waals surface area contributed by atoms with Crippen LogP contribution in [0.2, 0.25) is 0 Å². The van der Waals surface area contributed by atoms with Crippen LogP contribution in [0.1, 0.15) is 43.1 Å². The Kier molecular flexibility index (Phi) is 6.33. The minimum atomic E-state index is -1.01. The van der Waals surface area contributed by atoms with Crippen molar-refractivity contribution in [2.24, 2.45) is 0 Å². The number of benzene rings is 2. The van der Waals surface area contributed by atoms with E-state index >= 15 is 0 Å². The standard InChI is InChI=1S/C26H30N4O5/c1-16(2)35-13-5-12-28-15-23(31)29-22(26(28)32)14-20-19-6-3-4-7-21(19)27-24(20)25(29)17-8-10-18(11-9-17)30(33)34/h3-4,6-11,16,22,25,27,30,33H,5,12-15H2,1-2H3/t22-,25?/m0/s1. The highest BCUT2D eigenvalue weighted by Crippen LogP contribution is 2.42. The maximum Gasteiger partial charge on any atom is 0.246 e. The number of nitrogens with zero attached hydrogens (tertiary/aromatic N) is 2. The third kappa shape index (κ3) is 4.32. The molecule has 3 aromatic rings. The topological polar surface area (TPSA) is 113 Å². The Hall–Kier alpha value is -3.24. The van der Waals surface area contributed by atoms with Gasteiger partial charge in [-0.05, 0) is 37.5 Å². The zero-order chi connectivity index (χ0) is 24.7. The lowest BCUT2D eigenvalue weighted by Gasteiger charge is -2.47. The molecule has 2 unspecified atom stereocenters. The van der Waals surface area contributed by atoms with Gasteiger partial charge in [0.1, 0.15) is 6.04 Å². The molecule has 3 atom stereocenters. The van der Waals surface area contributed by atoms with Gasteiger partial charge in [0.2, 0.25) is 11.8 Å². The maximum atomic E-state index is 13.6. The highest BCUT2D eigenvalue weighted by atomic mass is 16.8. The molecule has 0 spiro atoms. The van der Waals surface area contributed by atoms with Gasteiger partial charge >= 0.3 is 0 Å². The van der Waals surface area contributed by atoms with Crippen molar-refractivity contribution in [1.82, 2.24) is 14.8 Å². The van der Waals surface area contributed by atoms with E-state index in [4.69, 9.17) is 4.74 Å². The number of para-hydroxylation sites is 1. The Morgan fingerprint density at radius 1 is 1.17 bits per heavy atom. The number of hydrogen-bond donors (Lipinski definition) is 3. The van der Waals surface area contributed by atoms with Gasteiger partial charge in [0.25, 0.3) is 0 Å². The lowest BCUT2D eigenvalue weighted by Crippen LogP contribution is -2.99. The Morgan fingerprint density at radius 2 is 1.91 bits per heavy atom. The highest BCUT2D eigenvalue weighted by Gasteiger charge is 2.48. The zero-order valence-corrected chi connectivity index (χ0v) is 19.9. The Balaban J connectivity index is 1.52. The minimum Gasteiger partial charge on any atom is -0.595 e. The molecule has 9 nitrogen and oxygen atoms in total. The van der Waals surface area contributed by atoms with Gasteiger partial charge in [-0.15, -0.1) is 0 Å². The van der Waals surface area contributed by atoms with Crippen molar-refractivity contribution in [2.75, 3.05) is 19.7 Å². The second-order valence-corrected chi connectivity index (χ2v) is 9.45. The largest absolute Gasteiger partial charge is 0.595 e. The van der Waals surface area contributed by atoms with Gasteiger partial charge < -0.3 is 24.7 Å². The number of amides is 2. The molecule has 3 N–H and O–H groups in total. The van der Waals surface area contributed by atoms with E-state index in [-0.39, 0.29) is 30.2 Å². The summed E-state index contributed by atoms with van der Waals surface area (Å²) in [4.78, 5) is 34.0. The summed E-state index contributed by atoms with van der Waals surface area (Å²) in [6, 6.07) is 13.4. The molecule has 1 aromatic heterocycles. The molecule has 35 heavy (non-hydrogen) atoms. The molecule has 9 heteroatoms. The van der Waals surface area contributed by atoms with E-state index in [0.29, 0.717) is 26.0 Å². The van der Waals surface area contributed by atoms with E-state index < -0.39 is 17.3 Å². The summed E-state index contributed by atoms with van der Waals surface area (Å²) in [5, 5.41) is 20.7. The van der Waals surface area contributed by atoms with Crippen LogP contribution in [0.5, 0.6) is 0 Å². The Morgan fingerprint density at radius 3 is 2.63 bits per heavy atom. The first-order valence-corrected chi connectivity index (χ1v) is 12.0.